The molecule has 1 unspecified atom stereocenters. The van der Waals surface area contributed by atoms with E-state index in [1.165, 1.54) is 0 Å². The molecule has 2 amide bonds. The van der Waals surface area contributed by atoms with Crippen LogP contribution in [0.25, 0.3) is 0 Å². The van der Waals surface area contributed by atoms with Crippen LogP contribution in [0.1, 0.15) is 20.3 Å². The Bertz CT molecular complexity index is 671. The Hall–Kier alpha value is -2.50. The Morgan fingerprint density at radius 3 is 2.64 bits per heavy atom. The number of anilines is 1. The Kier molecular flexibility index (Phi) is 6.07. The molecule has 1 heterocycles. The van der Waals surface area contributed by atoms with Crippen LogP contribution in [-0.4, -0.2) is 50.6 Å². The SMILES string of the molecule is C=C(C)CN(CC)C(=O)C1CC(=O)N(c2cc(OC)ccc2OC)C1. The van der Waals surface area contributed by atoms with E-state index in [2.05, 4.69) is 6.58 Å². The molecule has 25 heavy (non-hydrogen) atoms. The van der Waals surface area contributed by atoms with Crippen molar-refractivity contribution in [1.29, 1.82) is 0 Å². The molecule has 0 aromatic heterocycles. The number of carbonyl (C=O) groups excluding carboxylic acids is 2. The van der Waals surface area contributed by atoms with Crippen molar-refractivity contribution in [1.82, 2.24) is 4.90 Å². The molecule has 6 nitrogen and oxygen atoms in total. The summed E-state index contributed by atoms with van der Waals surface area (Å²) in [4.78, 5) is 28.6. The molecule has 1 aromatic rings. The van der Waals surface area contributed by atoms with E-state index in [9.17, 15) is 9.59 Å². The topological polar surface area (TPSA) is 59.1 Å². The zero-order chi connectivity index (χ0) is 18.6. The summed E-state index contributed by atoms with van der Waals surface area (Å²) in [6, 6.07) is 5.29. The number of amides is 2. The van der Waals surface area contributed by atoms with E-state index < -0.39 is 0 Å². The van der Waals surface area contributed by atoms with Crippen molar-refractivity contribution >= 4 is 17.5 Å². The fourth-order valence-electron chi connectivity index (χ4n) is 3.04. The van der Waals surface area contributed by atoms with Gasteiger partial charge < -0.3 is 19.3 Å². The molecular formula is C19H26N2O4. The van der Waals surface area contributed by atoms with Gasteiger partial charge in [0.15, 0.2) is 0 Å². The maximum atomic E-state index is 12.8. The first-order valence-corrected chi connectivity index (χ1v) is 8.36. The van der Waals surface area contributed by atoms with E-state index in [4.69, 9.17) is 9.47 Å². The number of methoxy groups -OCH3 is 2. The molecule has 1 fully saturated rings. The van der Waals surface area contributed by atoms with E-state index in [1.807, 2.05) is 13.8 Å². The second-order valence-corrected chi connectivity index (χ2v) is 6.25. The Balaban J connectivity index is 2.22. The zero-order valence-electron chi connectivity index (χ0n) is 15.4. The minimum atomic E-state index is -0.359. The molecule has 1 saturated heterocycles. The fourth-order valence-corrected chi connectivity index (χ4v) is 3.04. The van der Waals surface area contributed by atoms with Crippen molar-refractivity contribution in [2.45, 2.75) is 20.3 Å². The number of likely N-dealkylation sites (N-methyl/N-ethyl adjacent to an activating group) is 1. The molecule has 0 N–H and O–H groups in total. The molecule has 0 aliphatic carbocycles. The smallest absolute Gasteiger partial charge is 0.228 e. The van der Waals surface area contributed by atoms with Gasteiger partial charge in [-0.2, -0.15) is 0 Å². The monoisotopic (exact) mass is 346 g/mol. The highest BCUT2D eigenvalue weighted by atomic mass is 16.5. The Morgan fingerprint density at radius 2 is 2.08 bits per heavy atom. The van der Waals surface area contributed by atoms with Crippen LogP contribution in [-0.2, 0) is 9.59 Å². The zero-order valence-corrected chi connectivity index (χ0v) is 15.4. The van der Waals surface area contributed by atoms with Crippen molar-refractivity contribution < 1.29 is 19.1 Å². The summed E-state index contributed by atoms with van der Waals surface area (Å²) < 4.78 is 10.6. The first kappa shape index (κ1) is 18.8. The lowest BCUT2D eigenvalue weighted by Gasteiger charge is -2.25. The minimum absolute atomic E-state index is 0.0109. The normalized spacial score (nSPS) is 16.7. The number of nitrogens with zero attached hydrogens (tertiary/aromatic N) is 2. The quantitative estimate of drug-likeness (QED) is 0.712. The number of carbonyl (C=O) groups is 2. The molecule has 1 aliphatic heterocycles. The third-order valence-corrected chi connectivity index (χ3v) is 4.31. The largest absolute Gasteiger partial charge is 0.497 e. The van der Waals surface area contributed by atoms with E-state index in [1.54, 1.807) is 42.2 Å². The van der Waals surface area contributed by atoms with Crippen LogP contribution < -0.4 is 14.4 Å². The van der Waals surface area contributed by atoms with E-state index in [0.29, 0.717) is 36.8 Å². The summed E-state index contributed by atoms with van der Waals surface area (Å²) in [5, 5.41) is 0. The number of hydrogen-bond donors (Lipinski definition) is 0. The van der Waals surface area contributed by atoms with Crippen LogP contribution >= 0.6 is 0 Å². The molecule has 0 spiro atoms. The van der Waals surface area contributed by atoms with Crippen molar-refractivity contribution in [3.63, 3.8) is 0 Å². The summed E-state index contributed by atoms with van der Waals surface area (Å²) in [6.45, 7) is 9.15. The van der Waals surface area contributed by atoms with Crippen LogP contribution in [0.3, 0.4) is 0 Å². The van der Waals surface area contributed by atoms with E-state index >= 15 is 0 Å². The van der Waals surface area contributed by atoms with Gasteiger partial charge in [0.2, 0.25) is 11.8 Å². The van der Waals surface area contributed by atoms with Gasteiger partial charge >= 0.3 is 0 Å². The third-order valence-electron chi connectivity index (χ3n) is 4.31. The van der Waals surface area contributed by atoms with Gasteiger partial charge in [0, 0.05) is 32.1 Å². The first-order valence-electron chi connectivity index (χ1n) is 8.36. The predicted octanol–water partition coefficient (Wildman–Crippen LogP) is 2.48. The predicted molar refractivity (Wildman–Crippen MR) is 97.1 cm³/mol. The molecule has 0 saturated carbocycles. The van der Waals surface area contributed by atoms with Gasteiger partial charge in [-0.05, 0) is 26.0 Å². The highest BCUT2D eigenvalue weighted by Crippen LogP contribution is 2.36. The summed E-state index contributed by atoms with van der Waals surface area (Å²) in [6.07, 6.45) is 0.200. The highest BCUT2D eigenvalue weighted by molar-refractivity contribution is 6.01. The number of ether oxygens (including phenoxy) is 2. The van der Waals surface area contributed by atoms with E-state index in [-0.39, 0.29) is 24.2 Å². The summed E-state index contributed by atoms with van der Waals surface area (Å²) in [5.41, 5.74) is 1.55. The molecule has 0 bridgehead atoms. The average Bonchev–Trinajstić information content (AvgIpc) is 2.99. The number of hydrogen-bond acceptors (Lipinski definition) is 4. The summed E-state index contributed by atoms with van der Waals surface area (Å²) >= 11 is 0. The molecule has 0 radical (unpaired) electrons. The minimum Gasteiger partial charge on any atom is -0.497 e. The van der Waals surface area contributed by atoms with Gasteiger partial charge in [-0.25, -0.2) is 0 Å². The Labute approximate surface area is 149 Å². The molecule has 6 heteroatoms. The third kappa shape index (κ3) is 4.13. The van der Waals surface area contributed by atoms with Crippen LogP contribution in [0.15, 0.2) is 30.4 Å². The maximum Gasteiger partial charge on any atom is 0.228 e. The van der Waals surface area contributed by atoms with Crippen LogP contribution in [0.5, 0.6) is 11.5 Å². The van der Waals surface area contributed by atoms with Crippen molar-refractivity contribution in [2.24, 2.45) is 5.92 Å². The van der Waals surface area contributed by atoms with Gasteiger partial charge in [0.05, 0.1) is 25.8 Å². The highest BCUT2D eigenvalue weighted by Gasteiger charge is 2.38. The molecule has 1 aromatic carbocycles. The first-order chi connectivity index (χ1) is 11.9. The van der Waals surface area contributed by atoms with Crippen LogP contribution in [0.2, 0.25) is 0 Å². The maximum absolute atomic E-state index is 12.8. The van der Waals surface area contributed by atoms with Crippen molar-refractivity contribution in [2.75, 3.05) is 38.8 Å². The average molecular weight is 346 g/mol. The van der Waals surface area contributed by atoms with Crippen LogP contribution in [0, 0.1) is 5.92 Å². The van der Waals surface area contributed by atoms with Crippen molar-refractivity contribution in [3.8, 4) is 11.5 Å². The van der Waals surface area contributed by atoms with Crippen LogP contribution in [0.4, 0.5) is 5.69 Å². The molecule has 1 atom stereocenters. The van der Waals surface area contributed by atoms with E-state index in [0.717, 1.165) is 5.57 Å². The molecular weight excluding hydrogens is 320 g/mol. The van der Waals surface area contributed by atoms with Gasteiger partial charge in [-0.3, -0.25) is 9.59 Å². The second kappa shape index (κ2) is 8.05. The number of rotatable bonds is 7. The second-order valence-electron chi connectivity index (χ2n) is 6.25. The molecule has 1 aliphatic rings. The lowest BCUT2D eigenvalue weighted by molar-refractivity contribution is -0.135. The Morgan fingerprint density at radius 1 is 1.36 bits per heavy atom. The molecule has 136 valence electrons. The summed E-state index contributed by atoms with van der Waals surface area (Å²) in [5.74, 6) is 0.759. The van der Waals surface area contributed by atoms with Crippen molar-refractivity contribution in [3.05, 3.63) is 30.4 Å². The molecule has 2 rings (SSSR count). The van der Waals surface area contributed by atoms with Gasteiger partial charge in [0.1, 0.15) is 11.5 Å². The fraction of sp³-hybridized carbons (Fsp3) is 0.474. The lowest BCUT2D eigenvalue weighted by Crippen LogP contribution is -2.38. The van der Waals surface area contributed by atoms with Gasteiger partial charge in [-0.15, -0.1) is 0 Å². The standard InChI is InChI=1S/C19H26N2O4/c1-6-20(11-13(2)3)19(23)14-9-18(22)21(12-14)16-10-15(24-4)7-8-17(16)25-5/h7-8,10,14H,2,6,9,11-12H2,1,3-5H3. The number of benzene rings is 1. The lowest BCUT2D eigenvalue weighted by atomic mass is 10.1. The van der Waals surface area contributed by atoms with Gasteiger partial charge in [-0.1, -0.05) is 12.2 Å². The summed E-state index contributed by atoms with van der Waals surface area (Å²) in [7, 11) is 3.13. The van der Waals surface area contributed by atoms with Gasteiger partial charge in [0.25, 0.3) is 0 Å².